The van der Waals surface area contributed by atoms with E-state index in [0.29, 0.717) is 23.9 Å². The monoisotopic (exact) mass is 328 g/mol. The highest BCUT2D eigenvalue weighted by Crippen LogP contribution is 2.42. The van der Waals surface area contributed by atoms with E-state index in [9.17, 15) is 14.7 Å². The molecule has 1 unspecified atom stereocenters. The molecular formula is C18H20N2O4. The largest absolute Gasteiger partial charge is 0.496 e. The van der Waals surface area contributed by atoms with Crippen molar-refractivity contribution in [2.75, 3.05) is 13.7 Å². The van der Waals surface area contributed by atoms with Gasteiger partial charge in [-0.25, -0.2) is 4.79 Å². The Morgan fingerprint density at radius 2 is 2.17 bits per heavy atom. The summed E-state index contributed by atoms with van der Waals surface area (Å²) in [6.07, 6.45) is 2.97. The van der Waals surface area contributed by atoms with Gasteiger partial charge in [-0.15, -0.1) is 0 Å². The predicted molar refractivity (Wildman–Crippen MR) is 88.1 cm³/mol. The summed E-state index contributed by atoms with van der Waals surface area (Å²) in [4.78, 5) is 29.3. The van der Waals surface area contributed by atoms with Gasteiger partial charge in [0.1, 0.15) is 17.5 Å². The van der Waals surface area contributed by atoms with Crippen molar-refractivity contribution in [3.8, 4) is 5.75 Å². The van der Waals surface area contributed by atoms with Crippen LogP contribution in [0.15, 0.2) is 24.3 Å². The molecule has 126 valence electrons. The number of aromatic amines is 1. The molecule has 2 N–H and O–H groups in total. The van der Waals surface area contributed by atoms with Crippen LogP contribution in [0.3, 0.4) is 0 Å². The number of carboxylic acid groups (broad SMARTS) is 1. The number of rotatable bonds is 3. The maximum Gasteiger partial charge on any atom is 0.326 e. The van der Waals surface area contributed by atoms with E-state index in [1.807, 2.05) is 18.2 Å². The quantitative estimate of drug-likeness (QED) is 0.907. The first kappa shape index (κ1) is 15.1. The maximum atomic E-state index is 13.0. The fraction of sp³-hybridized carbons (Fsp3) is 0.444. The van der Waals surface area contributed by atoms with Crippen LogP contribution in [0.2, 0.25) is 0 Å². The van der Waals surface area contributed by atoms with Gasteiger partial charge < -0.3 is 19.7 Å². The van der Waals surface area contributed by atoms with Crippen LogP contribution in [0.4, 0.5) is 0 Å². The lowest BCUT2D eigenvalue weighted by Crippen LogP contribution is -2.43. The van der Waals surface area contributed by atoms with Crippen LogP contribution >= 0.6 is 0 Å². The van der Waals surface area contributed by atoms with E-state index in [1.54, 1.807) is 13.2 Å². The van der Waals surface area contributed by atoms with E-state index < -0.39 is 12.0 Å². The number of fused-ring (bicyclic) bond motifs is 2. The first-order valence-electron chi connectivity index (χ1n) is 8.29. The molecule has 1 aliphatic heterocycles. The third kappa shape index (κ3) is 2.17. The molecule has 1 aromatic heterocycles. The van der Waals surface area contributed by atoms with Crippen LogP contribution in [0.5, 0.6) is 5.75 Å². The molecule has 1 aliphatic carbocycles. The molecule has 4 rings (SSSR count). The van der Waals surface area contributed by atoms with Crippen LogP contribution in [0.25, 0.3) is 10.9 Å². The number of benzene rings is 1. The summed E-state index contributed by atoms with van der Waals surface area (Å²) in [5, 5.41) is 10.5. The second kappa shape index (κ2) is 5.54. The van der Waals surface area contributed by atoms with Crippen molar-refractivity contribution in [3.05, 3.63) is 30.0 Å². The van der Waals surface area contributed by atoms with E-state index >= 15 is 0 Å². The molecule has 2 aliphatic rings. The minimum Gasteiger partial charge on any atom is -0.496 e. The number of aromatic nitrogens is 1. The zero-order valence-corrected chi connectivity index (χ0v) is 13.5. The molecule has 0 radical (unpaired) electrons. The highest BCUT2D eigenvalue weighted by molar-refractivity contribution is 6.01. The number of aliphatic carboxylic acids is 1. The number of hydrogen-bond acceptors (Lipinski definition) is 3. The molecule has 1 saturated heterocycles. The predicted octanol–water partition coefficient (Wildman–Crippen LogP) is 2.50. The Hall–Kier alpha value is -2.50. The number of likely N-dealkylation sites (tertiary alicyclic amines) is 1. The molecular weight excluding hydrogens is 308 g/mol. The molecule has 0 spiro atoms. The minimum atomic E-state index is -0.897. The Morgan fingerprint density at radius 1 is 1.33 bits per heavy atom. The molecule has 0 bridgehead atoms. The Kier molecular flexibility index (Phi) is 3.48. The molecule has 2 heterocycles. The number of ether oxygens (including phenoxy) is 1. The van der Waals surface area contributed by atoms with Crippen LogP contribution in [-0.2, 0) is 4.79 Å². The van der Waals surface area contributed by atoms with Crippen LogP contribution < -0.4 is 4.74 Å². The second-order valence-corrected chi connectivity index (χ2v) is 6.70. The van der Waals surface area contributed by atoms with Gasteiger partial charge in [-0.05, 0) is 42.9 Å². The molecule has 2 aromatic rings. The van der Waals surface area contributed by atoms with Gasteiger partial charge in [0, 0.05) is 17.4 Å². The minimum absolute atomic E-state index is 0.0883. The highest BCUT2D eigenvalue weighted by atomic mass is 16.5. The van der Waals surface area contributed by atoms with Crippen molar-refractivity contribution in [1.82, 2.24) is 9.88 Å². The van der Waals surface area contributed by atoms with E-state index in [2.05, 4.69) is 4.98 Å². The lowest BCUT2D eigenvalue weighted by atomic mass is 9.94. The average Bonchev–Trinajstić information content (AvgIpc) is 3.25. The number of H-pyrrole nitrogens is 1. The smallest absolute Gasteiger partial charge is 0.326 e. The van der Waals surface area contributed by atoms with Crippen molar-refractivity contribution in [1.29, 1.82) is 0 Å². The van der Waals surface area contributed by atoms with Crippen molar-refractivity contribution < 1.29 is 19.4 Å². The molecule has 2 fully saturated rings. The zero-order valence-electron chi connectivity index (χ0n) is 13.5. The van der Waals surface area contributed by atoms with Crippen molar-refractivity contribution >= 4 is 22.8 Å². The van der Waals surface area contributed by atoms with E-state index in [-0.39, 0.29) is 11.8 Å². The summed E-state index contributed by atoms with van der Waals surface area (Å²) in [7, 11) is 1.59. The highest BCUT2D eigenvalue weighted by Gasteiger charge is 2.49. The maximum absolute atomic E-state index is 13.0. The van der Waals surface area contributed by atoms with Gasteiger partial charge in [-0.3, -0.25) is 4.79 Å². The lowest BCUT2D eigenvalue weighted by molar-refractivity contribution is -0.142. The molecule has 1 saturated carbocycles. The SMILES string of the molecule is COc1cccc2[nH]c(C(=O)N3C[C@@H]4CCC[C@@H]4C3C(=O)O)cc12. The van der Waals surface area contributed by atoms with Gasteiger partial charge in [-0.2, -0.15) is 0 Å². The first-order chi connectivity index (χ1) is 11.6. The normalized spacial score (nSPS) is 25.9. The number of carboxylic acids is 1. The van der Waals surface area contributed by atoms with Gasteiger partial charge >= 0.3 is 5.97 Å². The fourth-order valence-corrected chi connectivity index (χ4v) is 4.41. The van der Waals surface area contributed by atoms with Gasteiger partial charge in [0.05, 0.1) is 7.11 Å². The number of hydrogen-bond donors (Lipinski definition) is 2. The molecule has 24 heavy (non-hydrogen) atoms. The zero-order chi connectivity index (χ0) is 16.8. The number of amides is 1. The molecule has 1 aromatic carbocycles. The standard InChI is InChI=1S/C18H20N2O4/c1-24-15-7-3-6-13-12(15)8-14(19-13)17(21)20-9-10-4-2-5-11(10)16(20)18(22)23/h3,6-8,10-11,16,19H,2,4-5,9H2,1H3,(H,22,23)/t10-,11-,16?/m0/s1. The number of carbonyl (C=O) groups excluding carboxylic acids is 1. The summed E-state index contributed by atoms with van der Waals surface area (Å²) < 4.78 is 5.33. The summed E-state index contributed by atoms with van der Waals surface area (Å²) in [6, 6.07) is 6.61. The van der Waals surface area contributed by atoms with Gasteiger partial charge in [0.25, 0.3) is 5.91 Å². The van der Waals surface area contributed by atoms with E-state index in [4.69, 9.17) is 4.74 Å². The summed E-state index contributed by atoms with van der Waals surface area (Å²) in [5.74, 6) is -0.0447. The second-order valence-electron chi connectivity index (χ2n) is 6.70. The summed E-state index contributed by atoms with van der Waals surface area (Å²) >= 11 is 0. The van der Waals surface area contributed by atoms with Gasteiger partial charge in [0.15, 0.2) is 0 Å². The van der Waals surface area contributed by atoms with Crippen LogP contribution in [0.1, 0.15) is 29.8 Å². The third-order valence-corrected chi connectivity index (χ3v) is 5.48. The Bertz CT molecular complexity index is 812. The number of carbonyl (C=O) groups is 2. The molecule has 3 atom stereocenters. The summed E-state index contributed by atoms with van der Waals surface area (Å²) in [5.41, 5.74) is 1.23. The fourth-order valence-electron chi connectivity index (χ4n) is 4.41. The lowest BCUT2D eigenvalue weighted by Gasteiger charge is -2.23. The molecule has 1 amide bonds. The topological polar surface area (TPSA) is 82.6 Å². The van der Waals surface area contributed by atoms with Crippen molar-refractivity contribution in [3.63, 3.8) is 0 Å². The Labute approximate surface area is 139 Å². The van der Waals surface area contributed by atoms with Crippen molar-refractivity contribution in [2.24, 2.45) is 11.8 Å². The van der Waals surface area contributed by atoms with Crippen LogP contribution in [0, 0.1) is 11.8 Å². The Morgan fingerprint density at radius 3 is 2.92 bits per heavy atom. The Balaban J connectivity index is 1.69. The number of nitrogens with zero attached hydrogens (tertiary/aromatic N) is 1. The van der Waals surface area contributed by atoms with Gasteiger partial charge in [-0.1, -0.05) is 12.5 Å². The van der Waals surface area contributed by atoms with E-state index in [0.717, 1.165) is 30.2 Å². The van der Waals surface area contributed by atoms with Crippen molar-refractivity contribution in [2.45, 2.75) is 25.3 Å². The van der Waals surface area contributed by atoms with Gasteiger partial charge in [0.2, 0.25) is 0 Å². The third-order valence-electron chi connectivity index (χ3n) is 5.48. The average molecular weight is 328 g/mol. The number of nitrogens with one attached hydrogen (secondary N) is 1. The molecule has 6 heteroatoms. The summed E-state index contributed by atoms with van der Waals surface area (Å²) in [6.45, 7) is 0.535. The number of methoxy groups -OCH3 is 1. The van der Waals surface area contributed by atoms with Crippen LogP contribution in [-0.4, -0.2) is 46.6 Å². The van der Waals surface area contributed by atoms with E-state index in [1.165, 1.54) is 4.90 Å². The molecule has 6 nitrogen and oxygen atoms in total. The first-order valence-corrected chi connectivity index (χ1v) is 8.29.